The van der Waals surface area contributed by atoms with E-state index < -0.39 is 6.10 Å². The lowest BCUT2D eigenvalue weighted by molar-refractivity contribution is -0.127. The van der Waals surface area contributed by atoms with Crippen molar-refractivity contribution in [1.29, 1.82) is 0 Å². The van der Waals surface area contributed by atoms with Crippen LogP contribution >= 0.6 is 0 Å². The fourth-order valence-electron chi connectivity index (χ4n) is 1.41. The Morgan fingerprint density at radius 3 is 2.59 bits per heavy atom. The molecule has 0 bridgehead atoms. The molecule has 1 rings (SSSR count). The first-order chi connectivity index (χ1) is 8.13. The number of hydrogen-bond donors (Lipinski definition) is 1. The molecule has 3 heteroatoms. The van der Waals surface area contributed by atoms with Crippen LogP contribution in [0.3, 0.4) is 0 Å². The van der Waals surface area contributed by atoms with E-state index in [0.717, 1.165) is 25.1 Å². The van der Waals surface area contributed by atoms with E-state index >= 15 is 0 Å². The molecular weight excluding hydrogens is 214 g/mol. The molecule has 0 aliphatic carbocycles. The summed E-state index contributed by atoms with van der Waals surface area (Å²) in [5.74, 6) is 0.674. The Kier molecular flexibility index (Phi) is 5.53. The third-order valence-electron chi connectivity index (χ3n) is 2.53. The lowest BCUT2D eigenvalue weighted by atomic mass is 10.2. The average Bonchev–Trinajstić information content (AvgIpc) is 2.32. The molecule has 1 atom stereocenters. The number of amides is 1. The number of ether oxygens (including phenoxy) is 1. The second-order valence-electron chi connectivity index (χ2n) is 4.22. The van der Waals surface area contributed by atoms with Crippen molar-refractivity contribution in [1.82, 2.24) is 5.32 Å². The van der Waals surface area contributed by atoms with E-state index in [1.807, 2.05) is 31.2 Å². The van der Waals surface area contributed by atoms with Crippen LogP contribution < -0.4 is 10.1 Å². The normalized spacial score (nSPS) is 11.9. The van der Waals surface area contributed by atoms with Crippen LogP contribution in [-0.2, 0) is 4.79 Å². The number of nitrogens with one attached hydrogen (secondary N) is 1. The number of unbranched alkanes of at least 4 members (excludes halogenated alkanes) is 1. The summed E-state index contributed by atoms with van der Waals surface area (Å²) in [4.78, 5) is 11.7. The molecule has 0 aromatic heterocycles. The van der Waals surface area contributed by atoms with Crippen LogP contribution in [0.2, 0.25) is 0 Å². The molecule has 0 aliphatic heterocycles. The van der Waals surface area contributed by atoms with Crippen molar-refractivity contribution in [3.05, 3.63) is 29.8 Å². The molecular formula is C14H21NO2. The summed E-state index contributed by atoms with van der Waals surface area (Å²) in [6, 6.07) is 7.70. The van der Waals surface area contributed by atoms with E-state index in [-0.39, 0.29) is 5.91 Å². The molecule has 1 aromatic carbocycles. The zero-order chi connectivity index (χ0) is 12.7. The predicted octanol–water partition coefficient (Wildman–Crippen LogP) is 2.68. The zero-order valence-electron chi connectivity index (χ0n) is 10.8. The molecule has 1 amide bonds. The number of carbonyl (C=O) groups is 1. The van der Waals surface area contributed by atoms with Crippen LogP contribution in [0.15, 0.2) is 24.3 Å². The molecule has 0 heterocycles. The van der Waals surface area contributed by atoms with Gasteiger partial charge in [0.2, 0.25) is 0 Å². The van der Waals surface area contributed by atoms with Gasteiger partial charge in [0.1, 0.15) is 5.75 Å². The fourth-order valence-corrected chi connectivity index (χ4v) is 1.41. The SMILES string of the molecule is CCCCNC(=O)[C@H](C)Oc1ccc(C)cc1. The minimum absolute atomic E-state index is 0.0565. The fraction of sp³-hybridized carbons (Fsp3) is 0.500. The number of carbonyl (C=O) groups excluding carboxylic acids is 1. The Labute approximate surface area is 103 Å². The van der Waals surface area contributed by atoms with Gasteiger partial charge in [-0.3, -0.25) is 4.79 Å². The van der Waals surface area contributed by atoms with Gasteiger partial charge in [0.05, 0.1) is 0 Å². The largest absolute Gasteiger partial charge is 0.481 e. The van der Waals surface area contributed by atoms with Crippen LogP contribution in [-0.4, -0.2) is 18.6 Å². The van der Waals surface area contributed by atoms with E-state index in [1.54, 1.807) is 6.92 Å². The molecule has 0 unspecified atom stereocenters. The Bertz CT molecular complexity index is 346. The second kappa shape index (κ2) is 6.94. The molecule has 0 radical (unpaired) electrons. The van der Waals surface area contributed by atoms with E-state index in [0.29, 0.717) is 0 Å². The first kappa shape index (κ1) is 13.6. The van der Waals surface area contributed by atoms with Gasteiger partial charge in [-0.1, -0.05) is 31.0 Å². The maximum Gasteiger partial charge on any atom is 0.260 e. The van der Waals surface area contributed by atoms with Gasteiger partial charge in [-0.2, -0.15) is 0 Å². The molecule has 3 nitrogen and oxygen atoms in total. The summed E-state index contributed by atoms with van der Waals surface area (Å²) in [7, 11) is 0. The van der Waals surface area contributed by atoms with Crippen molar-refractivity contribution in [2.24, 2.45) is 0 Å². The number of aryl methyl sites for hydroxylation is 1. The lowest BCUT2D eigenvalue weighted by Crippen LogP contribution is -2.36. The van der Waals surface area contributed by atoms with Gasteiger partial charge in [0.25, 0.3) is 5.91 Å². The molecule has 0 saturated heterocycles. The average molecular weight is 235 g/mol. The highest BCUT2D eigenvalue weighted by molar-refractivity contribution is 5.80. The van der Waals surface area contributed by atoms with Crippen molar-refractivity contribution in [3.8, 4) is 5.75 Å². The summed E-state index contributed by atoms with van der Waals surface area (Å²) >= 11 is 0. The molecule has 0 aliphatic rings. The van der Waals surface area contributed by atoms with E-state index in [1.165, 1.54) is 5.56 Å². The van der Waals surface area contributed by atoms with Crippen LogP contribution in [0.1, 0.15) is 32.3 Å². The van der Waals surface area contributed by atoms with Gasteiger partial charge < -0.3 is 10.1 Å². The molecule has 0 saturated carbocycles. The highest BCUT2D eigenvalue weighted by Crippen LogP contribution is 2.13. The van der Waals surface area contributed by atoms with Crippen molar-refractivity contribution < 1.29 is 9.53 Å². The van der Waals surface area contributed by atoms with Crippen LogP contribution in [0.5, 0.6) is 5.75 Å². The molecule has 0 fully saturated rings. The monoisotopic (exact) mass is 235 g/mol. The summed E-state index contributed by atoms with van der Waals surface area (Å²) in [5.41, 5.74) is 1.18. The first-order valence-electron chi connectivity index (χ1n) is 6.14. The maximum atomic E-state index is 11.7. The minimum Gasteiger partial charge on any atom is -0.481 e. The van der Waals surface area contributed by atoms with Gasteiger partial charge in [-0.25, -0.2) is 0 Å². The highest BCUT2D eigenvalue weighted by atomic mass is 16.5. The van der Waals surface area contributed by atoms with E-state index in [2.05, 4.69) is 12.2 Å². The maximum absolute atomic E-state index is 11.7. The van der Waals surface area contributed by atoms with Gasteiger partial charge in [-0.05, 0) is 32.4 Å². The molecule has 94 valence electrons. The van der Waals surface area contributed by atoms with Crippen molar-refractivity contribution in [3.63, 3.8) is 0 Å². The number of benzene rings is 1. The third kappa shape index (κ3) is 4.89. The van der Waals surface area contributed by atoms with Crippen molar-refractivity contribution >= 4 is 5.91 Å². The van der Waals surface area contributed by atoms with Gasteiger partial charge >= 0.3 is 0 Å². The van der Waals surface area contributed by atoms with Gasteiger partial charge in [0.15, 0.2) is 6.10 Å². The molecule has 0 spiro atoms. The number of rotatable bonds is 6. The molecule has 1 aromatic rings. The quantitative estimate of drug-likeness (QED) is 0.770. The highest BCUT2D eigenvalue weighted by Gasteiger charge is 2.13. The summed E-state index contributed by atoms with van der Waals surface area (Å²) in [6.07, 6.45) is 1.63. The van der Waals surface area contributed by atoms with E-state index in [9.17, 15) is 4.79 Å². The number of hydrogen-bond acceptors (Lipinski definition) is 2. The van der Waals surface area contributed by atoms with Crippen LogP contribution in [0.25, 0.3) is 0 Å². The zero-order valence-corrected chi connectivity index (χ0v) is 10.8. The standard InChI is InChI=1S/C14H21NO2/c1-4-5-10-15-14(16)12(3)17-13-8-6-11(2)7-9-13/h6-9,12H,4-5,10H2,1-3H3,(H,15,16)/t12-/m0/s1. The topological polar surface area (TPSA) is 38.3 Å². The van der Waals surface area contributed by atoms with Gasteiger partial charge in [0, 0.05) is 6.54 Å². The van der Waals surface area contributed by atoms with Crippen molar-refractivity contribution in [2.75, 3.05) is 6.54 Å². The molecule has 17 heavy (non-hydrogen) atoms. The Morgan fingerprint density at radius 1 is 1.35 bits per heavy atom. The Balaban J connectivity index is 2.40. The smallest absolute Gasteiger partial charge is 0.260 e. The first-order valence-corrected chi connectivity index (χ1v) is 6.14. The van der Waals surface area contributed by atoms with Crippen LogP contribution in [0, 0.1) is 6.92 Å². The van der Waals surface area contributed by atoms with E-state index in [4.69, 9.17) is 4.74 Å². The van der Waals surface area contributed by atoms with Crippen molar-refractivity contribution in [2.45, 2.75) is 39.7 Å². The summed E-state index contributed by atoms with van der Waals surface area (Å²) < 4.78 is 5.55. The van der Waals surface area contributed by atoms with Gasteiger partial charge in [-0.15, -0.1) is 0 Å². The Hall–Kier alpha value is -1.51. The summed E-state index contributed by atoms with van der Waals surface area (Å²) in [5, 5.41) is 2.85. The molecule has 1 N–H and O–H groups in total. The van der Waals surface area contributed by atoms with Crippen LogP contribution in [0.4, 0.5) is 0 Å². The predicted molar refractivity (Wildman–Crippen MR) is 69.2 cm³/mol. The third-order valence-corrected chi connectivity index (χ3v) is 2.53. The lowest BCUT2D eigenvalue weighted by Gasteiger charge is -2.14. The second-order valence-corrected chi connectivity index (χ2v) is 4.22. The summed E-state index contributed by atoms with van der Waals surface area (Å²) in [6.45, 7) is 6.60. The minimum atomic E-state index is -0.449. The Morgan fingerprint density at radius 2 is 2.00 bits per heavy atom.